The molecule has 1 saturated carbocycles. The molecule has 0 radical (unpaired) electrons. The number of carbonyl (C=O) groups is 1. The SMILES string of the molecule is Nc1nnc(C2CC(=O)OC23CCCCC3)s1. The van der Waals surface area contributed by atoms with Crippen LogP contribution in [0.15, 0.2) is 0 Å². The highest BCUT2D eigenvalue weighted by atomic mass is 32.1. The minimum atomic E-state index is -0.318. The summed E-state index contributed by atoms with van der Waals surface area (Å²) in [5.41, 5.74) is 5.30. The van der Waals surface area contributed by atoms with Crippen molar-refractivity contribution in [2.45, 2.75) is 50.0 Å². The summed E-state index contributed by atoms with van der Waals surface area (Å²) in [6, 6.07) is 0. The molecule has 2 N–H and O–H groups in total. The largest absolute Gasteiger partial charge is 0.458 e. The number of hydrogen-bond donors (Lipinski definition) is 1. The second kappa shape index (κ2) is 3.94. The Morgan fingerprint density at radius 2 is 2.06 bits per heavy atom. The minimum absolute atomic E-state index is 0.0603. The van der Waals surface area contributed by atoms with Gasteiger partial charge in [0.25, 0.3) is 0 Å². The molecule has 1 aromatic heterocycles. The average Bonchev–Trinajstić information content (AvgIpc) is 2.85. The fourth-order valence-electron chi connectivity index (χ4n) is 2.99. The third-order valence-corrected chi connectivity index (χ3v) is 4.64. The van der Waals surface area contributed by atoms with Crippen molar-refractivity contribution in [1.29, 1.82) is 0 Å². The van der Waals surface area contributed by atoms with Gasteiger partial charge in [-0.1, -0.05) is 17.8 Å². The van der Waals surface area contributed by atoms with Crippen molar-refractivity contribution in [1.82, 2.24) is 10.2 Å². The lowest BCUT2D eigenvalue weighted by Gasteiger charge is -2.35. The summed E-state index contributed by atoms with van der Waals surface area (Å²) in [4.78, 5) is 11.6. The van der Waals surface area contributed by atoms with Gasteiger partial charge in [0.2, 0.25) is 5.13 Å². The minimum Gasteiger partial charge on any atom is -0.458 e. The van der Waals surface area contributed by atoms with Crippen molar-refractivity contribution in [3.8, 4) is 0 Å². The van der Waals surface area contributed by atoms with Crippen LogP contribution in [0.4, 0.5) is 5.13 Å². The van der Waals surface area contributed by atoms with Crippen LogP contribution in [-0.2, 0) is 9.53 Å². The molecule has 0 aromatic carbocycles. The summed E-state index contributed by atoms with van der Waals surface area (Å²) in [6.07, 6.45) is 5.79. The number of carbonyl (C=O) groups excluding carboxylic acids is 1. The van der Waals surface area contributed by atoms with Crippen molar-refractivity contribution in [2.75, 3.05) is 5.73 Å². The van der Waals surface area contributed by atoms with E-state index in [1.54, 1.807) is 0 Å². The average molecular weight is 253 g/mol. The Morgan fingerprint density at radius 3 is 2.71 bits per heavy atom. The van der Waals surface area contributed by atoms with Gasteiger partial charge in [-0.2, -0.15) is 0 Å². The summed E-state index contributed by atoms with van der Waals surface area (Å²) in [7, 11) is 0. The lowest BCUT2D eigenvalue weighted by Crippen LogP contribution is -2.36. The van der Waals surface area contributed by atoms with E-state index in [0.717, 1.165) is 30.7 Å². The van der Waals surface area contributed by atoms with Gasteiger partial charge in [0.05, 0.1) is 12.3 Å². The Balaban J connectivity index is 1.93. The Hall–Kier alpha value is -1.17. The van der Waals surface area contributed by atoms with E-state index in [1.807, 2.05) is 0 Å². The van der Waals surface area contributed by atoms with Gasteiger partial charge < -0.3 is 10.5 Å². The zero-order chi connectivity index (χ0) is 11.9. The summed E-state index contributed by atoms with van der Waals surface area (Å²) in [5, 5.41) is 9.26. The smallest absolute Gasteiger partial charge is 0.307 e. The van der Waals surface area contributed by atoms with Crippen molar-refractivity contribution in [3.05, 3.63) is 5.01 Å². The zero-order valence-corrected chi connectivity index (χ0v) is 10.3. The van der Waals surface area contributed by atoms with Crippen LogP contribution in [0.1, 0.15) is 49.5 Å². The van der Waals surface area contributed by atoms with Crippen LogP contribution in [0.25, 0.3) is 0 Å². The first-order valence-electron chi connectivity index (χ1n) is 6.00. The lowest BCUT2D eigenvalue weighted by molar-refractivity contribution is -0.151. The van der Waals surface area contributed by atoms with Crippen molar-refractivity contribution < 1.29 is 9.53 Å². The number of nitrogen functional groups attached to an aromatic ring is 1. The molecule has 2 heterocycles. The molecule has 92 valence electrons. The van der Waals surface area contributed by atoms with Gasteiger partial charge >= 0.3 is 5.97 Å². The van der Waals surface area contributed by atoms with E-state index in [0.29, 0.717) is 11.6 Å². The summed E-state index contributed by atoms with van der Waals surface area (Å²) in [6.45, 7) is 0. The maximum Gasteiger partial charge on any atom is 0.307 e. The van der Waals surface area contributed by atoms with E-state index in [2.05, 4.69) is 10.2 Å². The normalized spacial score (nSPS) is 27.3. The molecule has 2 fully saturated rings. The van der Waals surface area contributed by atoms with E-state index in [9.17, 15) is 4.79 Å². The van der Waals surface area contributed by atoms with Crippen LogP contribution < -0.4 is 5.73 Å². The maximum atomic E-state index is 11.6. The summed E-state index contributed by atoms with van der Waals surface area (Å²) >= 11 is 1.38. The van der Waals surface area contributed by atoms with Crippen molar-refractivity contribution in [3.63, 3.8) is 0 Å². The molecule has 1 spiro atoms. The van der Waals surface area contributed by atoms with Gasteiger partial charge in [-0.3, -0.25) is 4.79 Å². The quantitative estimate of drug-likeness (QED) is 0.773. The topological polar surface area (TPSA) is 78.1 Å². The third-order valence-electron chi connectivity index (χ3n) is 3.78. The first kappa shape index (κ1) is 11.0. The number of anilines is 1. The number of rotatable bonds is 1. The monoisotopic (exact) mass is 253 g/mol. The Labute approximate surface area is 103 Å². The molecule has 1 saturated heterocycles. The molecular formula is C11H15N3O2S. The molecule has 5 nitrogen and oxygen atoms in total. The molecule has 2 aliphatic rings. The number of nitrogens with two attached hydrogens (primary N) is 1. The number of hydrogen-bond acceptors (Lipinski definition) is 6. The fraction of sp³-hybridized carbons (Fsp3) is 0.727. The van der Waals surface area contributed by atoms with Crippen LogP contribution in [0.5, 0.6) is 0 Å². The molecule has 3 rings (SSSR count). The molecule has 1 aliphatic carbocycles. The number of aromatic nitrogens is 2. The summed E-state index contributed by atoms with van der Waals surface area (Å²) in [5.74, 6) is -0.0456. The molecule has 0 amide bonds. The molecule has 1 atom stereocenters. The van der Waals surface area contributed by atoms with Crippen LogP contribution in [0, 0.1) is 0 Å². The standard InChI is InChI=1S/C11H15N3O2S/c12-10-14-13-9(17-10)7-6-8(15)16-11(7)4-2-1-3-5-11/h7H,1-6H2,(H2,12,14). The van der Waals surface area contributed by atoms with Gasteiger partial charge in [-0.05, 0) is 25.7 Å². The van der Waals surface area contributed by atoms with Crippen LogP contribution >= 0.6 is 11.3 Å². The number of ether oxygens (including phenoxy) is 1. The molecule has 1 aromatic rings. The lowest BCUT2D eigenvalue weighted by atomic mass is 9.76. The van der Waals surface area contributed by atoms with Gasteiger partial charge in [-0.15, -0.1) is 10.2 Å². The Bertz CT molecular complexity index is 440. The van der Waals surface area contributed by atoms with Crippen molar-refractivity contribution in [2.24, 2.45) is 0 Å². The number of esters is 1. The second-order valence-corrected chi connectivity index (χ2v) is 5.88. The van der Waals surface area contributed by atoms with Gasteiger partial charge in [-0.25, -0.2) is 0 Å². The van der Waals surface area contributed by atoms with Crippen LogP contribution in [0.2, 0.25) is 0 Å². The Morgan fingerprint density at radius 1 is 1.29 bits per heavy atom. The van der Waals surface area contributed by atoms with E-state index in [-0.39, 0.29) is 17.5 Å². The molecule has 0 bridgehead atoms. The van der Waals surface area contributed by atoms with E-state index in [1.165, 1.54) is 17.8 Å². The predicted octanol–water partition coefficient (Wildman–Crippen LogP) is 1.85. The predicted molar refractivity (Wildman–Crippen MR) is 63.6 cm³/mol. The van der Waals surface area contributed by atoms with Crippen molar-refractivity contribution >= 4 is 22.4 Å². The van der Waals surface area contributed by atoms with E-state index < -0.39 is 0 Å². The van der Waals surface area contributed by atoms with Gasteiger partial charge in [0, 0.05) is 0 Å². The molecule has 17 heavy (non-hydrogen) atoms. The van der Waals surface area contributed by atoms with Crippen LogP contribution in [-0.4, -0.2) is 21.8 Å². The molecule has 6 heteroatoms. The first-order valence-corrected chi connectivity index (χ1v) is 6.82. The van der Waals surface area contributed by atoms with E-state index >= 15 is 0 Å². The first-order chi connectivity index (χ1) is 8.20. The highest BCUT2D eigenvalue weighted by Gasteiger charge is 2.51. The number of nitrogens with zero attached hydrogens (tertiary/aromatic N) is 2. The maximum absolute atomic E-state index is 11.6. The highest BCUT2D eigenvalue weighted by molar-refractivity contribution is 7.15. The van der Waals surface area contributed by atoms with Crippen LogP contribution in [0.3, 0.4) is 0 Å². The second-order valence-electron chi connectivity index (χ2n) is 4.83. The van der Waals surface area contributed by atoms with Gasteiger partial charge in [0.15, 0.2) is 0 Å². The fourth-order valence-corrected chi connectivity index (χ4v) is 3.81. The zero-order valence-electron chi connectivity index (χ0n) is 9.52. The summed E-state index contributed by atoms with van der Waals surface area (Å²) < 4.78 is 5.63. The third kappa shape index (κ3) is 1.80. The highest BCUT2D eigenvalue weighted by Crippen LogP contribution is 2.49. The Kier molecular flexibility index (Phi) is 2.54. The van der Waals surface area contributed by atoms with Gasteiger partial charge in [0.1, 0.15) is 10.6 Å². The molecular weight excluding hydrogens is 238 g/mol. The van der Waals surface area contributed by atoms with E-state index in [4.69, 9.17) is 10.5 Å². The molecule has 1 unspecified atom stereocenters. The molecule has 1 aliphatic heterocycles.